The van der Waals surface area contributed by atoms with Crippen molar-refractivity contribution in [3.63, 3.8) is 0 Å². The predicted octanol–water partition coefficient (Wildman–Crippen LogP) is 1.79. The zero-order valence-corrected chi connectivity index (χ0v) is 14.5. The molecular formula is C17H26ClN3O2. The highest BCUT2D eigenvalue weighted by Crippen LogP contribution is 2.17. The average Bonchev–Trinajstić information content (AvgIpc) is 2.49. The Morgan fingerprint density at radius 1 is 1.30 bits per heavy atom. The van der Waals surface area contributed by atoms with E-state index >= 15 is 0 Å². The summed E-state index contributed by atoms with van der Waals surface area (Å²) in [6, 6.07) is 9.54. The second-order valence-corrected chi connectivity index (χ2v) is 6.01. The van der Waals surface area contributed by atoms with Crippen molar-refractivity contribution in [2.24, 2.45) is 5.92 Å². The lowest BCUT2D eigenvalue weighted by Gasteiger charge is -2.30. The molecule has 2 amide bonds. The fourth-order valence-corrected chi connectivity index (χ4v) is 2.86. The highest BCUT2D eigenvalue weighted by molar-refractivity contribution is 5.85. The lowest BCUT2D eigenvalue weighted by molar-refractivity contribution is -0.123. The average molecular weight is 340 g/mol. The van der Waals surface area contributed by atoms with Gasteiger partial charge >= 0.3 is 0 Å². The normalized spacial score (nSPS) is 21.7. The Labute approximate surface area is 144 Å². The van der Waals surface area contributed by atoms with E-state index in [1.807, 2.05) is 30.3 Å². The lowest BCUT2D eigenvalue weighted by atomic mass is 9.94. The van der Waals surface area contributed by atoms with Gasteiger partial charge in [-0.05, 0) is 31.0 Å². The van der Waals surface area contributed by atoms with Crippen LogP contribution in [0.3, 0.4) is 0 Å². The maximum atomic E-state index is 12.3. The monoisotopic (exact) mass is 339 g/mol. The zero-order chi connectivity index (χ0) is 15.9. The first-order valence-corrected chi connectivity index (χ1v) is 7.88. The van der Waals surface area contributed by atoms with Crippen LogP contribution in [-0.4, -0.2) is 30.9 Å². The van der Waals surface area contributed by atoms with Crippen LogP contribution in [0.25, 0.3) is 0 Å². The molecule has 0 saturated carbocycles. The highest BCUT2D eigenvalue weighted by Gasteiger charge is 2.24. The number of hydrogen-bond acceptors (Lipinski definition) is 3. The molecule has 1 aromatic rings. The minimum atomic E-state index is -0.282. The topological polar surface area (TPSA) is 70.2 Å². The minimum absolute atomic E-state index is 0. The molecule has 6 heteroatoms. The van der Waals surface area contributed by atoms with Crippen molar-refractivity contribution in [2.75, 3.05) is 13.1 Å². The number of piperidine rings is 1. The summed E-state index contributed by atoms with van der Waals surface area (Å²) >= 11 is 0. The van der Waals surface area contributed by atoms with E-state index in [2.05, 4.69) is 22.9 Å². The van der Waals surface area contributed by atoms with Gasteiger partial charge in [0.25, 0.3) is 0 Å². The fraction of sp³-hybridized carbons (Fsp3) is 0.529. The van der Waals surface area contributed by atoms with Crippen LogP contribution in [0, 0.1) is 5.92 Å². The van der Waals surface area contributed by atoms with Gasteiger partial charge in [-0.25, -0.2) is 0 Å². The summed E-state index contributed by atoms with van der Waals surface area (Å²) in [7, 11) is 0. The summed E-state index contributed by atoms with van der Waals surface area (Å²) in [4.78, 5) is 23.7. The van der Waals surface area contributed by atoms with E-state index in [4.69, 9.17) is 0 Å². The molecule has 3 atom stereocenters. The number of carbonyl (C=O) groups excluding carboxylic acids is 2. The first-order valence-electron chi connectivity index (χ1n) is 7.88. The summed E-state index contributed by atoms with van der Waals surface area (Å²) in [5, 5.41) is 9.30. The van der Waals surface area contributed by atoms with Gasteiger partial charge in [0.1, 0.15) is 0 Å². The lowest BCUT2D eigenvalue weighted by Crippen LogP contribution is -2.49. The van der Waals surface area contributed by atoms with Gasteiger partial charge in [0.05, 0.1) is 12.5 Å². The minimum Gasteiger partial charge on any atom is -0.353 e. The number of amides is 2. The van der Waals surface area contributed by atoms with Crippen LogP contribution in [0.15, 0.2) is 30.3 Å². The molecule has 5 nitrogen and oxygen atoms in total. The molecule has 1 fully saturated rings. The largest absolute Gasteiger partial charge is 0.353 e. The Morgan fingerprint density at radius 3 is 2.61 bits per heavy atom. The maximum Gasteiger partial charge on any atom is 0.222 e. The van der Waals surface area contributed by atoms with E-state index in [0.29, 0.717) is 5.92 Å². The molecule has 1 heterocycles. The van der Waals surface area contributed by atoms with E-state index in [9.17, 15) is 9.59 Å². The molecule has 0 bridgehead atoms. The van der Waals surface area contributed by atoms with Crippen molar-refractivity contribution in [1.82, 2.24) is 16.0 Å². The summed E-state index contributed by atoms with van der Waals surface area (Å²) in [6.07, 6.45) is 1.21. The molecule has 1 aromatic carbocycles. The van der Waals surface area contributed by atoms with E-state index in [1.54, 1.807) is 0 Å². The molecule has 3 unspecified atom stereocenters. The van der Waals surface area contributed by atoms with Crippen molar-refractivity contribution < 1.29 is 9.59 Å². The first-order chi connectivity index (χ1) is 10.6. The number of carbonyl (C=O) groups is 2. The summed E-state index contributed by atoms with van der Waals surface area (Å²) in [6.45, 7) is 5.48. The molecule has 1 aliphatic heterocycles. The van der Waals surface area contributed by atoms with Crippen LogP contribution in [0.5, 0.6) is 0 Å². The van der Waals surface area contributed by atoms with Gasteiger partial charge in [-0.15, -0.1) is 12.4 Å². The van der Waals surface area contributed by atoms with Gasteiger partial charge in [-0.1, -0.05) is 37.3 Å². The van der Waals surface area contributed by atoms with Gasteiger partial charge < -0.3 is 16.0 Å². The van der Waals surface area contributed by atoms with Crippen LogP contribution in [0.1, 0.15) is 38.3 Å². The number of benzene rings is 1. The molecule has 0 aliphatic carbocycles. The third-order valence-electron chi connectivity index (χ3n) is 4.10. The Balaban J connectivity index is 0.00000264. The first kappa shape index (κ1) is 19.5. The Kier molecular flexibility index (Phi) is 8.06. The summed E-state index contributed by atoms with van der Waals surface area (Å²) < 4.78 is 0. The quantitative estimate of drug-likeness (QED) is 0.766. The molecule has 1 aliphatic rings. The third kappa shape index (κ3) is 6.20. The molecule has 3 N–H and O–H groups in total. The SMILES string of the molecule is CC(=O)NC(CC(=O)NC1CCNCC1C)c1ccccc1.Cl. The van der Waals surface area contributed by atoms with Crippen molar-refractivity contribution in [3.05, 3.63) is 35.9 Å². The second-order valence-electron chi connectivity index (χ2n) is 6.01. The molecule has 1 saturated heterocycles. The van der Waals surface area contributed by atoms with Crippen LogP contribution >= 0.6 is 12.4 Å². The van der Waals surface area contributed by atoms with E-state index < -0.39 is 0 Å². The van der Waals surface area contributed by atoms with E-state index in [-0.39, 0.29) is 42.7 Å². The van der Waals surface area contributed by atoms with Crippen LogP contribution in [-0.2, 0) is 9.59 Å². The molecule has 0 radical (unpaired) electrons. The Hall–Kier alpha value is -1.59. The Morgan fingerprint density at radius 2 is 2.00 bits per heavy atom. The van der Waals surface area contributed by atoms with Crippen molar-refractivity contribution in [2.45, 2.75) is 38.8 Å². The summed E-state index contributed by atoms with van der Waals surface area (Å²) in [5.74, 6) is 0.284. The molecule has 23 heavy (non-hydrogen) atoms. The Bertz CT molecular complexity index is 510. The van der Waals surface area contributed by atoms with Crippen molar-refractivity contribution >= 4 is 24.2 Å². The van der Waals surface area contributed by atoms with Gasteiger partial charge in [-0.3, -0.25) is 9.59 Å². The number of rotatable bonds is 5. The van der Waals surface area contributed by atoms with Gasteiger partial charge in [-0.2, -0.15) is 0 Å². The van der Waals surface area contributed by atoms with Gasteiger partial charge in [0, 0.05) is 13.0 Å². The molecule has 0 aromatic heterocycles. The number of halogens is 1. The van der Waals surface area contributed by atoms with Crippen molar-refractivity contribution in [1.29, 1.82) is 0 Å². The van der Waals surface area contributed by atoms with Crippen LogP contribution in [0.2, 0.25) is 0 Å². The third-order valence-corrected chi connectivity index (χ3v) is 4.10. The molecular weight excluding hydrogens is 314 g/mol. The maximum absolute atomic E-state index is 12.3. The molecule has 128 valence electrons. The van der Waals surface area contributed by atoms with Crippen LogP contribution < -0.4 is 16.0 Å². The molecule has 0 spiro atoms. The van der Waals surface area contributed by atoms with Gasteiger partial charge in [0.15, 0.2) is 0 Å². The smallest absolute Gasteiger partial charge is 0.222 e. The summed E-state index contributed by atoms with van der Waals surface area (Å²) in [5.41, 5.74) is 0.950. The number of nitrogens with one attached hydrogen (secondary N) is 3. The van der Waals surface area contributed by atoms with E-state index in [0.717, 1.165) is 25.1 Å². The van der Waals surface area contributed by atoms with Crippen molar-refractivity contribution in [3.8, 4) is 0 Å². The van der Waals surface area contributed by atoms with E-state index in [1.165, 1.54) is 6.92 Å². The molecule has 2 rings (SSSR count). The predicted molar refractivity (Wildman–Crippen MR) is 93.4 cm³/mol. The second kappa shape index (κ2) is 9.53. The fourth-order valence-electron chi connectivity index (χ4n) is 2.86. The number of hydrogen-bond donors (Lipinski definition) is 3. The zero-order valence-electron chi connectivity index (χ0n) is 13.7. The standard InChI is InChI=1S/C17H25N3O2.ClH/c1-12-11-18-9-8-15(12)20-17(22)10-16(19-13(2)21)14-6-4-3-5-7-14;/h3-7,12,15-16,18H,8-11H2,1-2H3,(H,19,21)(H,20,22);1H. The van der Waals surface area contributed by atoms with Gasteiger partial charge in [0.2, 0.25) is 11.8 Å². The van der Waals surface area contributed by atoms with Crippen LogP contribution in [0.4, 0.5) is 0 Å². The highest BCUT2D eigenvalue weighted by atomic mass is 35.5.